The van der Waals surface area contributed by atoms with Crippen molar-refractivity contribution in [2.75, 3.05) is 14.2 Å². The molecule has 1 heterocycles. The Morgan fingerprint density at radius 2 is 1.68 bits per heavy atom. The summed E-state index contributed by atoms with van der Waals surface area (Å²) >= 11 is 0. The number of carbonyl (C=O) groups is 4. The lowest BCUT2D eigenvalue weighted by Gasteiger charge is -2.27. The first-order valence-electron chi connectivity index (χ1n) is 8.81. The molecule has 1 fully saturated rings. The van der Waals surface area contributed by atoms with Crippen LogP contribution in [0, 0.1) is 23.7 Å². The molecular formula is C18H30O10-2. The number of methoxy groups -OCH3 is 2. The van der Waals surface area contributed by atoms with E-state index in [0.717, 1.165) is 0 Å². The van der Waals surface area contributed by atoms with Gasteiger partial charge in [-0.25, -0.2) is 0 Å². The van der Waals surface area contributed by atoms with Crippen molar-refractivity contribution in [3.63, 3.8) is 0 Å². The Balaban J connectivity index is 0. The van der Waals surface area contributed by atoms with Crippen molar-refractivity contribution in [2.45, 2.75) is 52.7 Å². The van der Waals surface area contributed by atoms with Gasteiger partial charge in [0, 0.05) is 26.1 Å². The van der Waals surface area contributed by atoms with Crippen molar-refractivity contribution in [3.8, 4) is 0 Å². The monoisotopic (exact) mass is 406 g/mol. The predicted molar refractivity (Wildman–Crippen MR) is 93.2 cm³/mol. The molecule has 28 heavy (non-hydrogen) atoms. The van der Waals surface area contributed by atoms with E-state index in [1.807, 2.05) is 6.92 Å². The van der Waals surface area contributed by atoms with Gasteiger partial charge < -0.3 is 34.7 Å². The number of hydrogen-bond acceptors (Lipinski definition) is 9. The summed E-state index contributed by atoms with van der Waals surface area (Å²) < 4.78 is 14.6. The van der Waals surface area contributed by atoms with Crippen molar-refractivity contribution in [3.05, 3.63) is 0 Å². The Morgan fingerprint density at radius 1 is 1.14 bits per heavy atom. The Hall–Kier alpha value is -2.04. The van der Waals surface area contributed by atoms with Crippen LogP contribution in [0.15, 0.2) is 0 Å². The number of cyclic esters (lactones) is 2. The fourth-order valence-corrected chi connectivity index (χ4v) is 3.06. The molecule has 1 saturated heterocycles. The molecular weight excluding hydrogens is 376 g/mol. The summed E-state index contributed by atoms with van der Waals surface area (Å²) in [7, 11) is 2.91. The van der Waals surface area contributed by atoms with Crippen molar-refractivity contribution >= 4 is 23.9 Å². The van der Waals surface area contributed by atoms with Gasteiger partial charge in [-0.1, -0.05) is 27.7 Å². The summed E-state index contributed by atoms with van der Waals surface area (Å²) in [4.78, 5) is 43.6. The molecule has 1 rings (SSSR count). The van der Waals surface area contributed by atoms with E-state index < -0.39 is 47.7 Å². The van der Waals surface area contributed by atoms with Crippen LogP contribution < -0.4 is 5.11 Å². The van der Waals surface area contributed by atoms with Crippen LogP contribution >= 0.6 is 0 Å². The average Bonchev–Trinajstić information content (AvgIpc) is 2.86. The fourth-order valence-electron chi connectivity index (χ4n) is 3.06. The third-order valence-corrected chi connectivity index (χ3v) is 4.79. The third kappa shape index (κ3) is 7.17. The van der Waals surface area contributed by atoms with E-state index in [1.165, 1.54) is 21.1 Å². The topological polar surface area (TPSA) is 169 Å². The summed E-state index contributed by atoms with van der Waals surface area (Å²) in [5.74, 6) is -6.35. The lowest BCUT2D eigenvalue weighted by Crippen LogP contribution is -2.43. The molecule has 0 aromatic rings. The van der Waals surface area contributed by atoms with Crippen LogP contribution in [0.4, 0.5) is 0 Å². The van der Waals surface area contributed by atoms with Gasteiger partial charge in [-0.3, -0.25) is 14.4 Å². The van der Waals surface area contributed by atoms with Crippen molar-refractivity contribution in [2.24, 2.45) is 23.7 Å². The number of aliphatic carboxylic acids is 2. The number of carboxylic acid groups (broad SMARTS) is 2. The van der Waals surface area contributed by atoms with Crippen LogP contribution in [0.5, 0.6) is 0 Å². The maximum absolute atomic E-state index is 11.2. The second kappa shape index (κ2) is 13.2. The van der Waals surface area contributed by atoms with Gasteiger partial charge >= 0.3 is 17.9 Å². The summed E-state index contributed by atoms with van der Waals surface area (Å²) in [5, 5.41) is 19.4. The van der Waals surface area contributed by atoms with Crippen LogP contribution in [0.1, 0.15) is 40.5 Å². The number of carbonyl (C=O) groups excluding carboxylic acids is 3. The van der Waals surface area contributed by atoms with Gasteiger partial charge in [0.05, 0.1) is 30.0 Å². The molecule has 0 aromatic carbocycles. The SMILES string of the molecule is CCC(OC)C(C(=O)O)C(C)C(=O)[O-].CCC(OC)C1C(=O)OC(=O)C1C.[OH-]. The maximum Gasteiger partial charge on any atom is 0.320 e. The maximum atomic E-state index is 11.2. The third-order valence-electron chi connectivity index (χ3n) is 4.79. The molecule has 6 unspecified atom stereocenters. The van der Waals surface area contributed by atoms with E-state index >= 15 is 0 Å². The lowest BCUT2D eigenvalue weighted by molar-refractivity contribution is -0.313. The number of esters is 2. The van der Waals surface area contributed by atoms with Crippen molar-refractivity contribution < 1.29 is 49.1 Å². The smallest absolute Gasteiger partial charge is 0.320 e. The molecule has 0 aromatic heterocycles. The molecule has 0 saturated carbocycles. The van der Waals surface area contributed by atoms with Gasteiger partial charge in [0.1, 0.15) is 0 Å². The molecule has 10 heteroatoms. The molecule has 1 aliphatic rings. The van der Waals surface area contributed by atoms with E-state index in [1.54, 1.807) is 13.8 Å². The minimum absolute atomic E-state index is 0. The first-order chi connectivity index (χ1) is 12.6. The second-order valence-electron chi connectivity index (χ2n) is 6.39. The molecule has 0 spiro atoms. The van der Waals surface area contributed by atoms with Crippen LogP contribution in [-0.2, 0) is 33.4 Å². The van der Waals surface area contributed by atoms with Crippen molar-refractivity contribution in [1.29, 1.82) is 0 Å². The van der Waals surface area contributed by atoms with Gasteiger partial charge in [-0.2, -0.15) is 0 Å². The molecule has 1 aliphatic heterocycles. The van der Waals surface area contributed by atoms with Crippen LogP contribution in [0.2, 0.25) is 0 Å². The van der Waals surface area contributed by atoms with Gasteiger partial charge in [-0.15, -0.1) is 0 Å². The Bertz CT molecular complexity index is 524. The zero-order valence-electron chi connectivity index (χ0n) is 17.0. The van der Waals surface area contributed by atoms with Crippen LogP contribution in [0.3, 0.4) is 0 Å². The van der Waals surface area contributed by atoms with E-state index in [0.29, 0.717) is 12.8 Å². The highest BCUT2D eigenvalue weighted by Gasteiger charge is 2.45. The van der Waals surface area contributed by atoms with Crippen LogP contribution in [0.25, 0.3) is 0 Å². The molecule has 0 aliphatic carbocycles. The van der Waals surface area contributed by atoms with Gasteiger partial charge in [-0.05, 0) is 12.8 Å². The Labute approximate surface area is 164 Å². The standard InChI is InChI=1S/C9H16O5.C9H14O4.H2O/c1-4-6(14-3)7(9(12)13)5(2)8(10)11;1-4-6(12-3)7-5(2)8(10)13-9(7)11;/h5-7H,4H2,1-3H3,(H,10,11)(H,12,13);5-7H,4H2,1-3H3;1H2/p-2. The van der Waals surface area contributed by atoms with Crippen molar-refractivity contribution in [1.82, 2.24) is 0 Å². The van der Waals surface area contributed by atoms with E-state index in [9.17, 15) is 24.3 Å². The lowest BCUT2D eigenvalue weighted by atomic mass is 9.87. The van der Waals surface area contributed by atoms with Gasteiger partial charge in [0.15, 0.2) is 0 Å². The molecule has 164 valence electrons. The minimum atomic E-state index is -1.37. The minimum Gasteiger partial charge on any atom is -0.870 e. The summed E-state index contributed by atoms with van der Waals surface area (Å²) in [6, 6.07) is 0. The highest BCUT2D eigenvalue weighted by atomic mass is 16.6. The molecule has 2 N–H and O–H groups in total. The van der Waals surface area contributed by atoms with E-state index in [2.05, 4.69) is 4.74 Å². The summed E-state index contributed by atoms with van der Waals surface area (Å²) in [6.45, 7) is 6.67. The number of carboxylic acids is 2. The number of rotatable bonds is 9. The predicted octanol–water partition coefficient (Wildman–Crippen LogP) is 0.0685. The fraction of sp³-hybridized carbons (Fsp3) is 0.778. The number of ether oxygens (including phenoxy) is 3. The Morgan fingerprint density at radius 3 is 1.93 bits per heavy atom. The molecule has 10 nitrogen and oxygen atoms in total. The highest BCUT2D eigenvalue weighted by Crippen LogP contribution is 2.28. The van der Waals surface area contributed by atoms with Gasteiger partial charge in [0.25, 0.3) is 0 Å². The second-order valence-corrected chi connectivity index (χ2v) is 6.39. The largest absolute Gasteiger partial charge is 0.870 e. The summed E-state index contributed by atoms with van der Waals surface area (Å²) in [5.41, 5.74) is 0. The molecule has 0 amide bonds. The van der Waals surface area contributed by atoms with E-state index in [4.69, 9.17) is 14.6 Å². The van der Waals surface area contributed by atoms with Crippen LogP contribution in [-0.4, -0.2) is 60.9 Å². The zero-order chi connectivity index (χ0) is 21.3. The molecule has 0 bridgehead atoms. The number of hydrogen-bond donors (Lipinski definition) is 1. The normalized spacial score (nSPS) is 22.6. The first-order valence-corrected chi connectivity index (χ1v) is 8.81. The molecule has 6 atom stereocenters. The zero-order valence-corrected chi connectivity index (χ0v) is 17.0. The molecule has 0 radical (unpaired) electrons. The first kappa shape index (κ1) is 28.2. The highest BCUT2D eigenvalue weighted by molar-refractivity contribution is 5.96. The summed E-state index contributed by atoms with van der Waals surface area (Å²) in [6.07, 6.45) is 0.341. The quantitative estimate of drug-likeness (QED) is 0.408. The average molecular weight is 406 g/mol. The van der Waals surface area contributed by atoms with E-state index in [-0.39, 0.29) is 17.5 Å². The Kier molecular flexibility index (Phi) is 13.3. The van der Waals surface area contributed by atoms with Gasteiger partial charge in [0.2, 0.25) is 0 Å².